The minimum atomic E-state index is -1.92. The van der Waals surface area contributed by atoms with Gasteiger partial charge in [0.1, 0.15) is 18.8 Å². The van der Waals surface area contributed by atoms with Gasteiger partial charge in [0.2, 0.25) is 0 Å². The summed E-state index contributed by atoms with van der Waals surface area (Å²) in [7, 11) is 0. The first-order valence-corrected chi connectivity index (χ1v) is 34.2. The van der Waals surface area contributed by atoms with Crippen molar-refractivity contribution in [2.75, 3.05) is 13.2 Å². The zero-order valence-electron chi connectivity index (χ0n) is 53.8. The summed E-state index contributed by atoms with van der Waals surface area (Å²) in [6.45, 7) is 5.84. The van der Waals surface area contributed by atoms with E-state index >= 15 is 0 Å². The number of aliphatic hydroxyl groups is 2. The Morgan fingerprint density at radius 3 is 1.18 bits per heavy atom. The summed E-state index contributed by atoms with van der Waals surface area (Å²) < 4.78 is 28.5. The van der Waals surface area contributed by atoms with Crippen LogP contribution in [0.25, 0.3) is 0 Å². The summed E-state index contributed by atoms with van der Waals surface area (Å²) in [4.78, 5) is 51.4. The maximum Gasteiger partial charge on any atom is 0.335 e. The van der Waals surface area contributed by atoms with Gasteiger partial charge in [0.05, 0.1) is 6.61 Å². The van der Waals surface area contributed by atoms with Crippen molar-refractivity contribution in [3.05, 3.63) is 97.2 Å². The predicted molar refractivity (Wildman–Crippen MR) is 349 cm³/mol. The summed E-state index contributed by atoms with van der Waals surface area (Å²) >= 11 is 0. The average molecular weight is 1190 g/mol. The van der Waals surface area contributed by atoms with E-state index in [9.17, 15) is 34.5 Å². The highest BCUT2D eigenvalue weighted by Crippen LogP contribution is 2.27. The van der Waals surface area contributed by atoms with E-state index in [-0.39, 0.29) is 25.9 Å². The molecule has 1 rings (SSSR count). The number of allylic oxidation sites excluding steroid dienone is 16. The van der Waals surface area contributed by atoms with Gasteiger partial charge in [-0.05, 0) is 109 Å². The molecule has 85 heavy (non-hydrogen) atoms. The van der Waals surface area contributed by atoms with E-state index in [1.807, 2.05) is 12.2 Å². The average Bonchev–Trinajstić information content (AvgIpc) is 3.46. The summed E-state index contributed by atoms with van der Waals surface area (Å²) in [5.74, 6) is -3.23. The molecule has 6 atom stereocenters. The summed E-state index contributed by atoms with van der Waals surface area (Å²) in [5.41, 5.74) is 0. The maximum atomic E-state index is 13.2. The van der Waals surface area contributed by atoms with Crippen LogP contribution in [-0.2, 0) is 42.9 Å². The standard InChI is InChI=1S/C73H122O12/c1-4-7-10-13-16-19-22-25-28-31-33-36-38-41-44-47-50-53-56-59-65(74)81-62-64(83-66(75)60-57-54-51-48-45-42-40-37-34-32-29-26-23-20-17-14-11-8-5-2)63-82-73-71(69(78)68(77)70(85-73)72(79)80)84-67(76)61-58-55-52-49-46-43-39-35-30-27-24-21-18-15-12-9-6-3/h7,10,16,19,25-30,33,36,41,44,50,53,64,68-71,73,77-78H,4-6,8-9,11-15,17-18,20-24,31-32,34-35,37-40,42-43,45-49,51-52,54-63H2,1-3H3,(H,79,80)/b10-7-,19-16-,28-25-,29-26-,30-27-,36-33-,44-41-,53-50-. The number of ether oxygens (including phenoxy) is 5. The fourth-order valence-electron chi connectivity index (χ4n) is 9.91. The number of carbonyl (C=O) groups excluding carboxylic acids is 3. The van der Waals surface area contributed by atoms with Crippen LogP contribution in [0.1, 0.15) is 290 Å². The second-order valence-electron chi connectivity index (χ2n) is 23.1. The number of carbonyl (C=O) groups is 4. The molecular formula is C73H122O12. The van der Waals surface area contributed by atoms with Gasteiger partial charge in [-0.2, -0.15) is 0 Å². The molecule has 0 bridgehead atoms. The van der Waals surface area contributed by atoms with Gasteiger partial charge < -0.3 is 39.0 Å². The van der Waals surface area contributed by atoms with Crippen LogP contribution in [-0.4, -0.2) is 89.2 Å². The van der Waals surface area contributed by atoms with Crippen molar-refractivity contribution < 1.29 is 58.2 Å². The van der Waals surface area contributed by atoms with E-state index in [4.69, 9.17) is 23.7 Å². The van der Waals surface area contributed by atoms with Crippen molar-refractivity contribution in [3.63, 3.8) is 0 Å². The third-order valence-electron chi connectivity index (χ3n) is 15.1. The first-order chi connectivity index (χ1) is 41.6. The van der Waals surface area contributed by atoms with Crippen molar-refractivity contribution in [2.45, 2.75) is 327 Å². The van der Waals surface area contributed by atoms with Crippen molar-refractivity contribution in [1.29, 1.82) is 0 Å². The van der Waals surface area contributed by atoms with Crippen molar-refractivity contribution in [1.82, 2.24) is 0 Å². The molecule has 1 heterocycles. The molecule has 0 amide bonds. The minimum Gasteiger partial charge on any atom is -0.479 e. The van der Waals surface area contributed by atoms with Crippen LogP contribution < -0.4 is 0 Å². The number of esters is 3. The van der Waals surface area contributed by atoms with Gasteiger partial charge in [-0.15, -0.1) is 0 Å². The fourth-order valence-corrected chi connectivity index (χ4v) is 9.91. The third-order valence-corrected chi connectivity index (χ3v) is 15.1. The minimum absolute atomic E-state index is 0.0457. The Morgan fingerprint density at radius 1 is 0.400 bits per heavy atom. The molecule has 0 aliphatic carbocycles. The molecular weight excluding hydrogens is 1070 g/mol. The molecule has 3 N–H and O–H groups in total. The summed E-state index contributed by atoms with van der Waals surface area (Å²) in [5, 5.41) is 31.6. The molecule has 1 aliphatic heterocycles. The first-order valence-electron chi connectivity index (χ1n) is 34.2. The van der Waals surface area contributed by atoms with Crippen LogP contribution in [0, 0.1) is 0 Å². The maximum absolute atomic E-state index is 13.2. The molecule has 12 nitrogen and oxygen atoms in total. The topological polar surface area (TPSA) is 175 Å². The molecule has 0 spiro atoms. The predicted octanol–water partition coefficient (Wildman–Crippen LogP) is 18.8. The van der Waals surface area contributed by atoms with Crippen molar-refractivity contribution in [2.24, 2.45) is 0 Å². The summed E-state index contributed by atoms with van der Waals surface area (Å²) in [6.07, 6.45) is 68.0. The number of carboxylic acids is 1. The van der Waals surface area contributed by atoms with Gasteiger partial charge in [0.25, 0.3) is 0 Å². The molecule has 1 aliphatic rings. The Balaban J connectivity index is 2.70. The van der Waals surface area contributed by atoms with Gasteiger partial charge in [0, 0.05) is 19.3 Å². The van der Waals surface area contributed by atoms with Gasteiger partial charge >= 0.3 is 23.9 Å². The molecule has 0 aromatic heterocycles. The lowest BCUT2D eigenvalue weighted by Gasteiger charge is -2.40. The molecule has 0 aromatic rings. The molecule has 486 valence electrons. The van der Waals surface area contributed by atoms with Crippen molar-refractivity contribution in [3.8, 4) is 0 Å². The highest BCUT2D eigenvalue weighted by molar-refractivity contribution is 5.74. The van der Waals surface area contributed by atoms with E-state index in [0.29, 0.717) is 19.3 Å². The molecule has 0 radical (unpaired) electrons. The van der Waals surface area contributed by atoms with E-state index in [1.54, 1.807) is 0 Å². The monoisotopic (exact) mass is 1190 g/mol. The van der Waals surface area contributed by atoms with Crippen molar-refractivity contribution >= 4 is 23.9 Å². The Labute approximate surface area is 517 Å². The van der Waals surface area contributed by atoms with E-state index in [2.05, 4.69) is 106 Å². The molecule has 6 unspecified atom stereocenters. The molecule has 12 heteroatoms. The highest BCUT2D eigenvalue weighted by Gasteiger charge is 2.50. The lowest BCUT2D eigenvalue weighted by molar-refractivity contribution is -0.301. The van der Waals surface area contributed by atoms with Crippen LogP contribution in [0.2, 0.25) is 0 Å². The van der Waals surface area contributed by atoms with E-state index < -0.39 is 67.3 Å². The Morgan fingerprint density at radius 2 is 0.765 bits per heavy atom. The number of carboxylic acid groups (broad SMARTS) is 1. The van der Waals surface area contributed by atoms with Gasteiger partial charge in [-0.1, -0.05) is 259 Å². The van der Waals surface area contributed by atoms with E-state index in [1.165, 1.54) is 122 Å². The molecule has 1 fully saturated rings. The second kappa shape index (κ2) is 59.9. The third kappa shape index (κ3) is 49.3. The molecule has 0 saturated carbocycles. The second-order valence-corrected chi connectivity index (χ2v) is 23.1. The lowest BCUT2D eigenvalue weighted by atomic mass is 9.98. The SMILES string of the molecule is CC/C=C\C/C=C\C/C=C\C/C=C\C/C=C\C/C=C\CCC(=O)OCC(COC1OC(C(=O)O)C(O)C(O)C1OC(=O)CCCCCCCCC/C=C\CCCCCCCC)OC(=O)CCCCCCCCCCC/C=C\CCCCCCCC. The fraction of sp³-hybridized carbons (Fsp3) is 0.726. The number of hydrogen-bond acceptors (Lipinski definition) is 11. The van der Waals surface area contributed by atoms with Gasteiger partial charge in [0.15, 0.2) is 24.6 Å². The van der Waals surface area contributed by atoms with Gasteiger partial charge in [-0.25, -0.2) is 4.79 Å². The zero-order chi connectivity index (χ0) is 61.7. The highest BCUT2D eigenvalue weighted by atomic mass is 16.7. The van der Waals surface area contributed by atoms with Crippen LogP contribution in [0.4, 0.5) is 0 Å². The smallest absolute Gasteiger partial charge is 0.335 e. The normalized spacial score (nSPS) is 18.1. The number of hydrogen-bond donors (Lipinski definition) is 3. The molecule has 0 aromatic carbocycles. The number of unbranched alkanes of at least 4 members (excludes halogenated alkanes) is 28. The quantitative estimate of drug-likeness (QED) is 0.0228. The zero-order valence-corrected chi connectivity index (χ0v) is 53.8. The summed E-state index contributed by atoms with van der Waals surface area (Å²) in [6, 6.07) is 0. The Hall–Kier alpha value is -4.36. The largest absolute Gasteiger partial charge is 0.479 e. The van der Waals surface area contributed by atoms with Crippen LogP contribution >= 0.6 is 0 Å². The van der Waals surface area contributed by atoms with Crippen LogP contribution in [0.3, 0.4) is 0 Å². The molecule has 1 saturated heterocycles. The number of aliphatic hydroxyl groups excluding tert-OH is 2. The number of aliphatic carboxylic acids is 1. The van der Waals surface area contributed by atoms with Gasteiger partial charge in [-0.3, -0.25) is 14.4 Å². The van der Waals surface area contributed by atoms with Crippen LogP contribution in [0.5, 0.6) is 0 Å². The van der Waals surface area contributed by atoms with Crippen LogP contribution in [0.15, 0.2) is 97.2 Å². The van der Waals surface area contributed by atoms with E-state index in [0.717, 1.165) is 109 Å². The Bertz CT molecular complexity index is 1840. The number of rotatable bonds is 58. The Kier molecular flexibility index (Phi) is 55.5. The first kappa shape index (κ1) is 78.7. The lowest BCUT2D eigenvalue weighted by Crippen LogP contribution is -2.61.